The summed E-state index contributed by atoms with van der Waals surface area (Å²) in [5, 5.41) is 9.18. The lowest BCUT2D eigenvalue weighted by Crippen LogP contribution is -1.99. The standard InChI is InChI=1S/C15H12ClFO2/c1-8-5-9(2)14(13(17)6-8)10-3-4-12(16)11(7-10)15(18)19/h3-7H,1-2H3,(H,18,19). The topological polar surface area (TPSA) is 37.3 Å². The Balaban J connectivity index is 2.66. The molecule has 0 fully saturated rings. The van der Waals surface area contributed by atoms with E-state index in [1.165, 1.54) is 18.2 Å². The zero-order valence-electron chi connectivity index (χ0n) is 10.5. The minimum atomic E-state index is -1.13. The summed E-state index contributed by atoms with van der Waals surface area (Å²) in [7, 11) is 0. The highest BCUT2D eigenvalue weighted by atomic mass is 35.5. The molecular weight excluding hydrogens is 267 g/mol. The minimum Gasteiger partial charge on any atom is -0.478 e. The number of rotatable bonds is 2. The van der Waals surface area contributed by atoms with Gasteiger partial charge in [-0.1, -0.05) is 23.7 Å². The molecule has 0 aromatic heterocycles. The molecule has 0 atom stereocenters. The minimum absolute atomic E-state index is 0.0291. The normalized spacial score (nSPS) is 10.5. The lowest BCUT2D eigenvalue weighted by atomic mass is 9.96. The second-order valence-corrected chi connectivity index (χ2v) is 4.85. The Morgan fingerprint density at radius 3 is 2.47 bits per heavy atom. The van der Waals surface area contributed by atoms with E-state index in [9.17, 15) is 9.18 Å². The van der Waals surface area contributed by atoms with Crippen LogP contribution in [0, 0.1) is 19.7 Å². The number of hydrogen-bond acceptors (Lipinski definition) is 1. The fraction of sp³-hybridized carbons (Fsp3) is 0.133. The van der Waals surface area contributed by atoms with Crippen LogP contribution in [0.25, 0.3) is 11.1 Å². The van der Waals surface area contributed by atoms with Crippen LogP contribution in [0.1, 0.15) is 21.5 Å². The average Bonchev–Trinajstić information content (AvgIpc) is 2.29. The predicted octanol–water partition coefficient (Wildman–Crippen LogP) is 4.46. The molecule has 1 N–H and O–H groups in total. The van der Waals surface area contributed by atoms with E-state index in [-0.39, 0.29) is 16.4 Å². The Hall–Kier alpha value is -1.87. The fourth-order valence-electron chi connectivity index (χ4n) is 2.13. The highest BCUT2D eigenvalue weighted by Gasteiger charge is 2.14. The molecule has 0 saturated heterocycles. The molecule has 0 heterocycles. The van der Waals surface area contributed by atoms with Crippen molar-refractivity contribution in [3.63, 3.8) is 0 Å². The van der Waals surface area contributed by atoms with E-state index in [1.807, 2.05) is 13.0 Å². The Morgan fingerprint density at radius 2 is 1.89 bits per heavy atom. The molecule has 2 nitrogen and oxygen atoms in total. The highest BCUT2D eigenvalue weighted by Crippen LogP contribution is 2.30. The molecule has 4 heteroatoms. The Labute approximate surface area is 115 Å². The van der Waals surface area contributed by atoms with Gasteiger partial charge in [0.15, 0.2) is 0 Å². The largest absolute Gasteiger partial charge is 0.478 e. The van der Waals surface area contributed by atoms with E-state index < -0.39 is 5.97 Å². The van der Waals surface area contributed by atoms with Crippen molar-refractivity contribution in [2.45, 2.75) is 13.8 Å². The molecule has 0 unspecified atom stereocenters. The molecule has 0 aliphatic carbocycles. The summed E-state index contributed by atoms with van der Waals surface area (Å²) < 4.78 is 14.0. The summed E-state index contributed by atoms with van der Waals surface area (Å²) in [4.78, 5) is 11.1. The summed E-state index contributed by atoms with van der Waals surface area (Å²) in [6.45, 7) is 3.60. The van der Waals surface area contributed by atoms with E-state index in [0.717, 1.165) is 11.1 Å². The van der Waals surface area contributed by atoms with Gasteiger partial charge >= 0.3 is 5.97 Å². The van der Waals surface area contributed by atoms with Crippen LogP contribution in [-0.4, -0.2) is 11.1 Å². The monoisotopic (exact) mass is 278 g/mol. The Kier molecular flexibility index (Phi) is 3.58. The lowest BCUT2D eigenvalue weighted by molar-refractivity contribution is 0.0697. The molecule has 98 valence electrons. The second-order valence-electron chi connectivity index (χ2n) is 4.44. The summed E-state index contributed by atoms with van der Waals surface area (Å²) in [5.74, 6) is -1.49. The number of halogens is 2. The summed E-state index contributed by atoms with van der Waals surface area (Å²) in [5.41, 5.74) is 2.47. The third kappa shape index (κ3) is 2.61. The second kappa shape index (κ2) is 5.02. The number of aryl methyl sites for hydroxylation is 2. The molecule has 19 heavy (non-hydrogen) atoms. The van der Waals surface area contributed by atoms with Crippen LogP contribution in [0.4, 0.5) is 4.39 Å². The van der Waals surface area contributed by atoms with Gasteiger partial charge in [0.2, 0.25) is 0 Å². The van der Waals surface area contributed by atoms with E-state index in [2.05, 4.69) is 0 Å². The highest BCUT2D eigenvalue weighted by molar-refractivity contribution is 6.33. The molecule has 2 rings (SSSR count). The van der Waals surface area contributed by atoms with Crippen molar-refractivity contribution in [1.29, 1.82) is 0 Å². The number of aromatic carboxylic acids is 1. The third-order valence-corrected chi connectivity index (χ3v) is 3.25. The van der Waals surface area contributed by atoms with E-state index in [4.69, 9.17) is 16.7 Å². The van der Waals surface area contributed by atoms with Crippen LogP contribution in [-0.2, 0) is 0 Å². The Bertz CT molecular complexity index is 642. The van der Waals surface area contributed by atoms with Gasteiger partial charge in [0.05, 0.1) is 10.6 Å². The van der Waals surface area contributed by atoms with Gasteiger partial charge in [-0.25, -0.2) is 9.18 Å². The Morgan fingerprint density at radius 1 is 1.21 bits per heavy atom. The molecule has 0 aliphatic heterocycles. The molecule has 0 aliphatic rings. The quantitative estimate of drug-likeness (QED) is 0.880. The molecule has 0 spiro atoms. The molecule has 2 aromatic rings. The van der Waals surface area contributed by atoms with Crippen molar-refractivity contribution < 1.29 is 14.3 Å². The fourth-order valence-corrected chi connectivity index (χ4v) is 2.32. The van der Waals surface area contributed by atoms with Gasteiger partial charge in [0, 0.05) is 5.56 Å². The lowest BCUT2D eigenvalue weighted by Gasteiger charge is -2.10. The number of benzene rings is 2. The number of carboxylic acids is 1. The molecular formula is C15H12ClFO2. The molecule has 0 saturated carbocycles. The molecule has 0 radical (unpaired) electrons. The first-order valence-electron chi connectivity index (χ1n) is 5.70. The van der Waals surface area contributed by atoms with Crippen molar-refractivity contribution in [3.05, 3.63) is 57.9 Å². The number of carbonyl (C=O) groups is 1. The third-order valence-electron chi connectivity index (χ3n) is 2.92. The van der Waals surface area contributed by atoms with Crippen LogP contribution in [0.2, 0.25) is 5.02 Å². The van der Waals surface area contributed by atoms with Gasteiger partial charge in [-0.3, -0.25) is 0 Å². The maximum atomic E-state index is 14.0. The van der Waals surface area contributed by atoms with Crippen molar-refractivity contribution in [2.24, 2.45) is 0 Å². The van der Waals surface area contributed by atoms with E-state index in [0.29, 0.717) is 11.1 Å². The summed E-state index contributed by atoms with van der Waals surface area (Å²) >= 11 is 5.81. The average molecular weight is 279 g/mol. The first-order valence-corrected chi connectivity index (χ1v) is 6.08. The first kappa shape index (κ1) is 13.6. The predicted molar refractivity (Wildman–Crippen MR) is 73.3 cm³/mol. The zero-order chi connectivity index (χ0) is 14.2. The van der Waals surface area contributed by atoms with Crippen molar-refractivity contribution >= 4 is 17.6 Å². The van der Waals surface area contributed by atoms with Gasteiger partial charge in [-0.2, -0.15) is 0 Å². The molecule has 2 aromatic carbocycles. The van der Waals surface area contributed by atoms with Crippen LogP contribution < -0.4 is 0 Å². The smallest absolute Gasteiger partial charge is 0.337 e. The maximum absolute atomic E-state index is 14.0. The summed E-state index contributed by atoms with van der Waals surface area (Å²) in [6.07, 6.45) is 0. The van der Waals surface area contributed by atoms with Crippen molar-refractivity contribution in [3.8, 4) is 11.1 Å². The van der Waals surface area contributed by atoms with Crippen LogP contribution in [0.15, 0.2) is 30.3 Å². The maximum Gasteiger partial charge on any atom is 0.337 e. The van der Waals surface area contributed by atoms with Crippen LogP contribution in [0.3, 0.4) is 0 Å². The van der Waals surface area contributed by atoms with E-state index >= 15 is 0 Å². The van der Waals surface area contributed by atoms with Gasteiger partial charge in [-0.05, 0) is 48.7 Å². The van der Waals surface area contributed by atoms with Gasteiger partial charge in [0.1, 0.15) is 5.82 Å². The number of hydrogen-bond donors (Lipinski definition) is 1. The van der Waals surface area contributed by atoms with Crippen LogP contribution in [0.5, 0.6) is 0 Å². The van der Waals surface area contributed by atoms with Crippen LogP contribution >= 0.6 is 11.6 Å². The van der Waals surface area contributed by atoms with Gasteiger partial charge in [0.25, 0.3) is 0 Å². The molecule has 0 bridgehead atoms. The van der Waals surface area contributed by atoms with Gasteiger partial charge < -0.3 is 5.11 Å². The van der Waals surface area contributed by atoms with Gasteiger partial charge in [-0.15, -0.1) is 0 Å². The first-order chi connectivity index (χ1) is 8.90. The molecule has 0 amide bonds. The summed E-state index contributed by atoms with van der Waals surface area (Å²) in [6, 6.07) is 7.77. The van der Waals surface area contributed by atoms with Crippen molar-refractivity contribution in [2.75, 3.05) is 0 Å². The van der Waals surface area contributed by atoms with Crippen molar-refractivity contribution in [1.82, 2.24) is 0 Å². The SMILES string of the molecule is Cc1cc(C)c(-c2ccc(Cl)c(C(=O)O)c2)c(F)c1. The number of carboxylic acid groups (broad SMARTS) is 1. The van der Waals surface area contributed by atoms with E-state index in [1.54, 1.807) is 13.0 Å². The zero-order valence-corrected chi connectivity index (χ0v) is 11.3.